The van der Waals surface area contributed by atoms with Gasteiger partial charge in [-0.1, -0.05) is 36.7 Å². The summed E-state index contributed by atoms with van der Waals surface area (Å²) in [5.41, 5.74) is 3.42. The Hall–Kier alpha value is -3.87. The van der Waals surface area contributed by atoms with Gasteiger partial charge in [-0.05, 0) is 105 Å². The first-order valence-electron chi connectivity index (χ1n) is 18.1. The third-order valence-electron chi connectivity index (χ3n) is 11.7. The number of nitrogens with zero attached hydrogens (tertiary/aromatic N) is 4. The number of anilines is 1. The van der Waals surface area contributed by atoms with Crippen LogP contribution in [0.5, 0.6) is 11.6 Å². The number of benzene rings is 2. The van der Waals surface area contributed by atoms with E-state index in [2.05, 4.69) is 43.4 Å². The molecular weight excluding hydrogens is 702 g/mol. The van der Waals surface area contributed by atoms with E-state index in [1.165, 1.54) is 29.1 Å². The van der Waals surface area contributed by atoms with Crippen LogP contribution < -0.4 is 19.1 Å². The second kappa shape index (κ2) is 14.5. The zero-order valence-corrected chi connectivity index (χ0v) is 32.0. The number of fused-ring (bicyclic) bond motifs is 4. The van der Waals surface area contributed by atoms with Crippen molar-refractivity contribution in [3.05, 3.63) is 82.0 Å². The molecule has 1 spiro atoms. The fraction of sp³-hybridized carbons (Fsp3) is 0.513. The third kappa shape index (κ3) is 6.85. The number of methoxy groups -OCH3 is 2. The maximum Gasteiger partial charge on any atom is 0.286 e. The van der Waals surface area contributed by atoms with Crippen LogP contribution in [0.15, 0.2) is 59.1 Å². The Labute approximate surface area is 311 Å². The Balaban J connectivity index is 1.33. The number of aromatic nitrogens is 2. The summed E-state index contributed by atoms with van der Waals surface area (Å²) in [7, 11) is 1.15. The van der Waals surface area contributed by atoms with Gasteiger partial charge in [-0.2, -0.15) is 0 Å². The van der Waals surface area contributed by atoms with Crippen molar-refractivity contribution in [2.75, 3.05) is 38.8 Å². The topological polar surface area (TPSA) is 124 Å². The van der Waals surface area contributed by atoms with Gasteiger partial charge in [-0.25, -0.2) is 4.21 Å². The predicted molar refractivity (Wildman–Crippen MR) is 202 cm³/mol. The molecule has 2 aliphatic carbocycles. The lowest BCUT2D eigenvalue weighted by Crippen LogP contribution is -2.49. The summed E-state index contributed by atoms with van der Waals surface area (Å²) in [6, 6.07) is 11.5. The van der Waals surface area contributed by atoms with Gasteiger partial charge in [0.25, 0.3) is 11.8 Å². The van der Waals surface area contributed by atoms with Crippen LogP contribution in [0.4, 0.5) is 5.69 Å². The molecule has 2 aromatic carbocycles. The van der Waals surface area contributed by atoms with Gasteiger partial charge in [-0.3, -0.25) is 19.0 Å². The fourth-order valence-electron chi connectivity index (χ4n) is 8.45. The second-order valence-corrected chi connectivity index (χ2v) is 17.7. The fourth-order valence-corrected chi connectivity index (χ4v) is 10.5. The van der Waals surface area contributed by atoms with Gasteiger partial charge in [0.05, 0.1) is 30.8 Å². The van der Waals surface area contributed by atoms with Crippen LogP contribution in [0.1, 0.15) is 77.8 Å². The van der Waals surface area contributed by atoms with Crippen LogP contribution in [-0.2, 0) is 33.5 Å². The van der Waals surface area contributed by atoms with Crippen molar-refractivity contribution in [2.45, 2.75) is 69.1 Å². The van der Waals surface area contributed by atoms with E-state index in [9.17, 15) is 13.8 Å². The van der Waals surface area contributed by atoms with Crippen LogP contribution in [0, 0.1) is 17.8 Å². The van der Waals surface area contributed by atoms with E-state index in [4.69, 9.17) is 25.8 Å². The van der Waals surface area contributed by atoms with Crippen molar-refractivity contribution in [1.82, 2.24) is 14.5 Å². The maximum atomic E-state index is 14.9. The van der Waals surface area contributed by atoms with E-state index < -0.39 is 27.0 Å². The maximum absolute atomic E-state index is 14.9. The first-order chi connectivity index (χ1) is 24.9. The number of rotatable bonds is 4. The molecular formula is C39H48ClN5O6S. The first-order valence-corrected chi connectivity index (χ1v) is 20.1. The van der Waals surface area contributed by atoms with Crippen molar-refractivity contribution in [3.8, 4) is 11.6 Å². The molecule has 1 N–H and O–H groups in total. The zero-order chi connectivity index (χ0) is 36.8. The van der Waals surface area contributed by atoms with E-state index in [0.29, 0.717) is 37.2 Å². The van der Waals surface area contributed by atoms with Crippen LogP contribution in [0.25, 0.3) is 0 Å². The number of carbonyl (C=O) groups is 2. The summed E-state index contributed by atoms with van der Waals surface area (Å²) in [6.07, 6.45) is 11.2. The lowest BCUT2D eigenvalue weighted by atomic mass is 9.68. The number of nitrogens with one attached hydrogen (secondary N) is 1. The van der Waals surface area contributed by atoms with Gasteiger partial charge < -0.3 is 19.1 Å². The first kappa shape index (κ1) is 36.5. The molecule has 0 radical (unpaired) electrons. The van der Waals surface area contributed by atoms with Gasteiger partial charge in [-0.15, -0.1) is 9.46 Å². The minimum Gasteiger partial charge on any atom is -0.490 e. The Kier molecular flexibility index (Phi) is 10.2. The molecule has 1 saturated carbocycles. The molecule has 3 heterocycles. The van der Waals surface area contributed by atoms with Gasteiger partial charge in [0, 0.05) is 49.4 Å². The minimum absolute atomic E-state index is 0.0805. The number of allylic oxidation sites excluding steroid dienone is 1. The molecule has 0 saturated heterocycles. The summed E-state index contributed by atoms with van der Waals surface area (Å²) in [4.78, 5) is 30.2. The summed E-state index contributed by atoms with van der Waals surface area (Å²) in [6.45, 7) is 5.68. The van der Waals surface area contributed by atoms with Gasteiger partial charge >= 0.3 is 0 Å². The number of hydrogen-bond donors (Lipinski definition) is 1. The third-order valence-corrected chi connectivity index (χ3v) is 14.4. The van der Waals surface area contributed by atoms with Gasteiger partial charge in [0.2, 0.25) is 5.88 Å². The van der Waals surface area contributed by atoms with Gasteiger partial charge in [0.1, 0.15) is 21.2 Å². The normalized spacial score (nSPS) is 30.8. The molecule has 2 amide bonds. The molecule has 4 aliphatic rings. The van der Waals surface area contributed by atoms with Gasteiger partial charge in [0.15, 0.2) is 0 Å². The molecule has 278 valence electrons. The van der Waals surface area contributed by atoms with E-state index in [1.54, 1.807) is 27.1 Å². The summed E-state index contributed by atoms with van der Waals surface area (Å²) < 4.78 is 41.4. The molecule has 1 fully saturated rings. The minimum atomic E-state index is -3.67. The van der Waals surface area contributed by atoms with Crippen molar-refractivity contribution < 1.29 is 28.0 Å². The SMILES string of the molecule is COc1nn(C)cc1C(=O)NS1(=O)=NC(=O)c2ccc3c(c2)N(CC2CCC2C(OC)/C=C/CC(C)C1C)CC1(CCCc2cc(Cl)ccc21)CO3. The van der Waals surface area contributed by atoms with Crippen LogP contribution >= 0.6 is 11.6 Å². The summed E-state index contributed by atoms with van der Waals surface area (Å²) in [5.74, 6) is -0.109. The zero-order valence-electron chi connectivity index (χ0n) is 30.5. The molecule has 2 bridgehead atoms. The van der Waals surface area contributed by atoms with E-state index in [1.807, 2.05) is 25.1 Å². The molecule has 3 aromatic rings. The molecule has 2 aliphatic heterocycles. The summed E-state index contributed by atoms with van der Waals surface area (Å²) >= 11 is 6.46. The van der Waals surface area contributed by atoms with Crippen LogP contribution in [-0.4, -0.2) is 71.1 Å². The lowest BCUT2D eigenvalue weighted by Gasteiger charge is -2.46. The van der Waals surface area contributed by atoms with Crippen molar-refractivity contribution >= 4 is 39.0 Å². The molecule has 7 atom stereocenters. The Morgan fingerprint density at radius 1 is 1.15 bits per heavy atom. The second-order valence-electron chi connectivity index (χ2n) is 15.0. The Morgan fingerprint density at radius 2 is 1.98 bits per heavy atom. The highest BCUT2D eigenvalue weighted by Crippen LogP contribution is 2.47. The molecule has 13 heteroatoms. The average molecular weight is 750 g/mol. The lowest BCUT2D eigenvalue weighted by molar-refractivity contribution is 0.0131. The molecule has 1 aromatic heterocycles. The number of hydrogen-bond acceptors (Lipinski definition) is 8. The van der Waals surface area contributed by atoms with E-state index in [0.717, 1.165) is 49.4 Å². The van der Waals surface area contributed by atoms with Crippen molar-refractivity contribution in [1.29, 1.82) is 0 Å². The number of amides is 2. The van der Waals surface area contributed by atoms with E-state index >= 15 is 0 Å². The highest BCUT2D eigenvalue weighted by atomic mass is 35.5. The molecule has 7 unspecified atom stereocenters. The van der Waals surface area contributed by atoms with Crippen LogP contribution in [0.2, 0.25) is 5.02 Å². The largest absolute Gasteiger partial charge is 0.490 e. The summed E-state index contributed by atoms with van der Waals surface area (Å²) in [5, 5.41) is 4.20. The van der Waals surface area contributed by atoms with Crippen LogP contribution in [0.3, 0.4) is 0 Å². The number of ether oxygens (including phenoxy) is 3. The quantitative estimate of drug-likeness (QED) is 0.299. The highest BCUT2D eigenvalue weighted by Gasteiger charge is 2.44. The number of carbonyl (C=O) groups excluding carboxylic acids is 2. The molecule has 52 heavy (non-hydrogen) atoms. The van der Waals surface area contributed by atoms with Crippen molar-refractivity contribution in [2.24, 2.45) is 29.2 Å². The predicted octanol–water partition coefficient (Wildman–Crippen LogP) is 6.53. The average Bonchev–Trinajstić information content (AvgIpc) is 3.43. The molecule has 7 rings (SSSR count). The smallest absolute Gasteiger partial charge is 0.286 e. The Morgan fingerprint density at radius 3 is 2.73 bits per heavy atom. The Bertz CT molecular complexity index is 2020. The standard InChI is InChI=1S/C39H48ClN5O6S/c1-24-8-6-10-34(49-4)30-14-11-28(30)20-45-22-39(17-7-9-26-18-29(40)13-15-32(26)39)23-51-35-16-12-27(19-33(35)45)36(46)42-52(48,25(24)2)43-37(47)31-21-44(3)41-38(31)50-5/h6,10,12-13,15-16,18-19,21,24-25,28,30,34H,7-9,11,14,17,20,22-23H2,1-5H3,(H,42,43,46,47,48)/b10-6+. The number of aryl methyl sites for hydroxylation is 2. The number of halogens is 1. The monoisotopic (exact) mass is 749 g/mol. The van der Waals surface area contributed by atoms with Crippen molar-refractivity contribution in [3.63, 3.8) is 0 Å². The molecule has 11 nitrogen and oxygen atoms in total. The van der Waals surface area contributed by atoms with E-state index in [-0.39, 0.29) is 34.4 Å². The highest BCUT2D eigenvalue weighted by molar-refractivity contribution is 7.93.